The normalized spacial score (nSPS) is 14.5. The number of nitrogens with zero attached hydrogens (tertiary/aromatic N) is 2. The van der Waals surface area contributed by atoms with E-state index < -0.39 is 10.9 Å². The fraction of sp³-hybridized carbons (Fsp3) is 0.462. The molecule has 6 nitrogen and oxygen atoms in total. The summed E-state index contributed by atoms with van der Waals surface area (Å²) in [7, 11) is 0. The number of nitro groups is 1. The van der Waals surface area contributed by atoms with Crippen molar-refractivity contribution in [2.45, 2.75) is 19.8 Å². The van der Waals surface area contributed by atoms with Crippen LogP contribution in [0, 0.1) is 10.1 Å². The molecule has 1 aromatic rings. The number of hydrogen-bond acceptors (Lipinski definition) is 5. The lowest BCUT2D eigenvalue weighted by Gasteiger charge is -2.17. The molecule has 19 heavy (non-hydrogen) atoms. The van der Waals surface area contributed by atoms with E-state index in [1.807, 2.05) is 4.90 Å². The number of carbonyl (C=O) groups is 1. The van der Waals surface area contributed by atoms with Gasteiger partial charge in [0.15, 0.2) is 0 Å². The van der Waals surface area contributed by atoms with Crippen molar-refractivity contribution in [3.05, 3.63) is 33.9 Å². The average molecular weight is 264 g/mol. The first kappa shape index (κ1) is 13.3. The second kappa shape index (κ2) is 5.69. The fourth-order valence-electron chi connectivity index (χ4n) is 2.24. The highest BCUT2D eigenvalue weighted by atomic mass is 16.6. The molecule has 0 radical (unpaired) electrons. The van der Waals surface area contributed by atoms with E-state index in [2.05, 4.69) is 0 Å². The molecule has 1 fully saturated rings. The minimum Gasteiger partial charge on any atom is -0.462 e. The summed E-state index contributed by atoms with van der Waals surface area (Å²) >= 11 is 0. The second-order valence-electron chi connectivity index (χ2n) is 4.38. The molecule has 1 aliphatic heterocycles. The molecule has 0 saturated carbocycles. The lowest BCUT2D eigenvalue weighted by atomic mass is 10.1. The van der Waals surface area contributed by atoms with Gasteiger partial charge in [-0.15, -0.1) is 0 Å². The van der Waals surface area contributed by atoms with Crippen LogP contribution in [-0.4, -0.2) is 30.6 Å². The molecule has 0 unspecified atom stereocenters. The molecule has 0 bridgehead atoms. The van der Waals surface area contributed by atoms with E-state index in [0.717, 1.165) is 25.9 Å². The van der Waals surface area contributed by atoms with Crippen molar-refractivity contribution < 1.29 is 14.5 Å². The van der Waals surface area contributed by atoms with Crippen LogP contribution in [0.2, 0.25) is 0 Å². The molecule has 0 spiro atoms. The maximum absolute atomic E-state index is 11.6. The first-order valence-corrected chi connectivity index (χ1v) is 6.34. The monoisotopic (exact) mass is 264 g/mol. The van der Waals surface area contributed by atoms with Gasteiger partial charge in [-0.2, -0.15) is 0 Å². The summed E-state index contributed by atoms with van der Waals surface area (Å²) in [5.41, 5.74) is 0.763. The van der Waals surface area contributed by atoms with Crippen LogP contribution in [0.1, 0.15) is 30.1 Å². The molecule has 102 valence electrons. The Balaban J connectivity index is 2.35. The summed E-state index contributed by atoms with van der Waals surface area (Å²) in [4.78, 5) is 24.3. The Kier molecular flexibility index (Phi) is 3.99. The van der Waals surface area contributed by atoms with Crippen molar-refractivity contribution in [3.8, 4) is 0 Å². The summed E-state index contributed by atoms with van der Waals surface area (Å²) < 4.78 is 4.85. The maximum atomic E-state index is 11.6. The molecular weight excluding hydrogens is 248 g/mol. The third kappa shape index (κ3) is 2.83. The number of ether oxygens (including phenoxy) is 1. The fourth-order valence-corrected chi connectivity index (χ4v) is 2.24. The predicted molar refractivity (Wildman–Crippen MR) is 70.5 cm³/mol. The molecule has 1 aliphatic rings. The number of carbonyl (C=O) groups excluding carboxylic acids is 1. The zero-order valence-corrected chi connectivity index (χ0v) is 10.8. The Hall–Kier alpha value is -2.11. The number of benzene rings is 1. The van der Waals surface area contributed by atoms with Crippen LogP contribution in [0.25, 0.3) is 0 Å². The van der Waals surface area contributed by atoms with E-state index in [1.165, 1.54) is 6.07 Å². The lowest BCUT2D eigenvalue weighted by Crippen LogP contribution is -2.19. The number of hydrogen-bond donors (Lipinski definition) is 0. The highest BCUT2D eigenvalue weighted by molar-refractivity contribution is 5.91. The van der Waals surface area contributed by atoms with Gasteiger partial charge in [-0.25, -0.2) is 4.79 Å². The van der Waals surface area contributed by atoms with Crippen molar-refractivity contribution in [2.24, 2.45) is 0 Å². The summed E-state index contributed by atoms with van der Waals surface area (Å²) in [6.45, 7) is 3.59. The van der Waals surface area contributed by atoms with Crippen molar-refractivity contribution in [1.29, 1.82) is 0 Å². The average Bonchev–Trinajstić information content (AvgIpc) is 2.92. The highest BCUT2D eigenvalue weighted by Crippen LogP contribution is 2.31. The Bertz CT molecular complexity index is 495. The lowest BCUT2D eigenvalue weighted by molar-refractivity contribution is -0.384. The Morgan fingerprint density at radius 3 is 2.68 bits per heavy atom. The summed E-state index contributed by atoms with van der Waals surface area (Å²) in [6.07, 6.45) is 2.08. The minimum absolute atomic E-state index is 0.0348. The largest absolute Gasteiger partial charge is 0.462 e. The second-order valence-corrected chi connectivity index (χ2v) is 4.38. The molecular formula is C13H16N2O4. The van der Waals surface area contributed by atoms with Gasteiger partial charge in [-0.3, -0.25) is 10.1 Å². The number of nitro benzene ring substituents is 1. The van der Waals surface area contributed by atoms with Gasteiger partial charge in [0.05, 0.1) is 17.1 Å². The van der Waals surface area contributed by atoms with Crippen molar-refractivity contribution in [2.75, 3.05) is 24.6 Å². The van der Waals surface area contributed by atoms with Crippen LogP contribution in [0.5, 0.6) is 0 Å². The van der Waals surface area contributed by atoms with E-state index in [4.69, 9.17) is 4.74 Å². The molecule has 0 amide bonds. The number of rotatable bonds is 4. The molecule has 1 heterocycles. The maximum Gasteiger partial charge on any atom is 0.338 e. The number of esters is 1. The summed E-state index contributed by atoms with van der Waals surface area (Å²) in [5.74, 6) is -0.529. The van der Waals surface area contributed by atoms with Gasteiger partial charge in [0.2, 0.25) is 0 Å². The quantitative estimate of drug-likeness (QED) is 0.474. The van der Waals surface area contributed by atoms with Crippen LogP contribution < -0.4 is 4.90 Å². The van der Waals surface area contributed by atoms with Crippen LogP contribution >= 0.6 is 0 Å². The van der Waals surface area contributed by atoms with Gasteiger partial charge in [-0.1, -0.05) is 0 Å². The van der Waals surface area contributed by atoms with E-state index in [9.17, 15) is 14.9 Å². The molecule has 0 aliphatic carbocycles. The Labute approximate surface area is 111 Å². The van der Waals surface area contributed by atoms with Gasteiger partial charge in [0.1, 0.15) is 5.69 Å². The number of anilines is 1. The zero-order chi connectivity index (χ0) is 13.8. The highest BCUT2D eigenvalue weighted by Gasteiger charge is 2.24. The van der Waals surface area contributed by atoms with E-state index in [-0.39, 0.29) is 17.9 Å². The third-order valence-corrected chi connectivity index (χ3v) is 3.13. The van der Waals surface area contributed by atoms with E-state index >= 15 is 0 Å². The van der Waals surface area contributed by atoms with Crippen molar-refractivity contribution in [1.82, 2.24) is 0 Å². The van der Waals surface area contributed by atoms with Gasteiger partial charge in [-0.05, 0) is 31.9 Å². The van der Waals surface area contributed by atoms with Gasteiger partial charge >= 0.3 is 5.97 Å². The van der Waals surface area contributed by atoms with E-state index in [1.54, 1.807) is 19.1 Å². The summed E-state index contributed by atoms with van der Waals surface area (Å²) in [6, 6.07) is 4.51. The molecule has 0 aromatic heterocycles. The van der Waals surface area contributed by atoms with Crippen molar-refractivity contribution in [3.63, 3.8) is 0 Å². The van der Waals surface area contributed by atoms with E-state index in [0.29, 0.717) is 5.69 Å². The van der Waals surface area contributed by atoms with Crippen LogP contribution in [-0.2, 0) is 4.74 Å². The van der Waals surface area contributed by atoms with Crippen LogP contribution in [0.15, 0.2) is 18.2 Å². The molecule has 6 heteroatoms. The molecule has 1 saturated heterocycles. The molecule has 0 atom stereocenters. The Morgan fingerprint density at radius 1 is 1.42 bits per heavy atom. The van der Waals surface area contributed by atoms with Crippen LogP contribution in [0.4, 0.5) is 11.4 Å². The van der Waals surface area contributed by atoms with Gasteiger partial charge in [0, 0.05) is 19.2 Å². The van der Waals surface area contributed by atoms with Gasteiger partial charge < -0.3 is 9.64 Å². The van der Waals surface area contributed by atoms with Crippen molar-refractivity contribution >= 4 is 17.3 Å². The topological polar surface area (TPSA) is 72.7 Å². The minimum atomic E-state index is -0.529. The SMILES string of the molecule is CCOC(=O)c1ccc(N2CCCC2)c([N+](=O)[O-])c1. The Morgan fingerprint density at radius 2 is 2.11 bits per heavy atom. The summed E-state index contributed by atoms with van der Waals surface area (Å²) in [5, 5.41) is 11.1. The molecule has 2 rings (SSSR count). The molecule has 0 N–H and O–H groups in total. The first-order valence-electron chi connectivity index (χ1n) is 6.34. The van der Waals surface area contributed by atoms with Gasteiger partial charge in [0.25, 0.3) is 5.69 Å². The smallest absolute Gasteiger partial charge is 0.338 e. The standard InChI is InChI=1S/C13H16N2O4/c1-2-19-13(16)10-5-6-11(12(9-10)15(17)18)14-7-3-4-8-14/h5-6,9H,2-4,7-8H2,1H3. The van der Waals surface area contributed by atoms with Crippen LogP contribution in [0.3, 0.4) is 0 Å². The first-order chi connectivity index (χ1) is 9.13. The predicted octanol–water partition coefficient (Wildman–Crippen LogP) is 2.37. The zero-order valence-electron chi connectivity index (χ0n) is 10.8. The molecule has 1 aromatic carbocycles. The third-order valence-electron chi connectivity index (χ3n) is 3.13.